The van der Waals surface area contributed by atoms with Crippen LogP contribution >= 0.6 is 45.9 Å². The fraction of sp³-hybridized carbons (Fsp3) is 0.595. The van der Waals surface area contributed by atoms with E-state index in [1.54, 1.807) is 36.0 Å². The Morgan fingerprint density at radius 3 is 1.76 bits per heavy atom. The molecule has 0 radical (unpaired) electrons. The van der Waals surface area contributed by atoms with E-state index in [4.69, 9.17) is 28.3 Å². The summed E-state index contributed by atoms with van der Waals surface area (Å²) >= 11 is 15.2. The van der Waals surface area contributed by atoms with Crippen LogP contribution in [0.4, 0.5) is 0 Å². The second-order valence-corrected chi connectivity index (χ2v) is 22.9. The Morgan fingerprint density at radius 1 is 0.759 bits per heavy atom. The third-order valence-electron chi connectivity index (χ3n) is 9.96. The highest BCUT2D eigenvalue weighted by atomic mass is 35.5. The normalized spacial score (nSPS) is 19.5. The summed E-state index contributed by atoms with van der Waals surface area (Å²) in [6.45, 7) is 7.93. The average molecular weight is 860 g/mol. The molecule has 2 saturated heterocycles. The van der Waals surface area contributed by atoms with Crippen molar-refractivity contribution in [2.45, 2.75) is 96.8 Å². The number of halogens is 2. The Bertz CT molecular complexity index is 2080. The zero-order chi connectivity index (χ0) is 39.3. The molecule has 2 aliphatic heterocycles. The van der Waals surface area contributed by atoms with Crippen molar-refractivity contribution in [2.24, 2.45) is 5.41 Å². The van der Waals surface area contributed by atoms with Gasteiger partial charge in [-0.25, -0.2) is 30.1 Å². The lowest BCUT2D eigenvalue weighted by Crippen LogP contribution is -2.30. The van der Waals surface area contributed by atoms with Crippen LogP contribution in [0.3, 0.4) is 0 Å². The fourth-order valence-corrected chi connectivity index (χ4v) is 10.9. The van der Waals surface area contributed by atoms with Crippen molar-refractivity contribution in [3.05, 3.63) is 77.6 Å². The molecule has 2 aliphatic rings. The van der Waals surface area contributed by atoms with E-state index in [9.17, 15) is 21.6 Å². The maximum absolute atomic E-state index is 13.0. The smallest absolute Gasteiger partial charge is 0.252 e. The van der Waals surface area contributed by atoms with Crippen molar-refractivity contribution >= 4 is 71.8 Å². The van der Waals surface area contributed by atoms with Gasteiger partial charge in [-0.15, -0.1) is 22.7 Å². The number of carbonyl (C=O) groups excluding carboxylic acids is 1. The molecule has 11 nitrogen and oxygen atoms in total. The van der Waals surface area contributed by atoms with Gasteiger partial charge in [-0.05, 0) is 101 Å². The predicted octanol–water partition coefficient (Wildman–Crippen LogP) is 8.04. The monoisotopic (exact) mass is 858 g/mol. The van der Waals surface area contributed by atoms with E-state index in [1.807, 2.05) is 45.0 Å². The zero-order valence-electron chi connectivity index (χ0n) is 31.7. The molecule has 54 heavy (non-hydrogen) atoms. The van der Waals surface area contributed by atoms with Gasteiger partial charge in [0.25, 0.3) is 5.91 Å². The number of aromatic nitrogens is 4. The molecule has 2 atom stereocenters. The van der Waals surface area contributed by atoms with Crippen LogP contribution in [0.5, 0.6) is 0 Å². The number of aromatic amines is 1. The van der Waals surface area contributed by atoms with E-state index in [0.29, 0.717) is 44.9 Å². The number of nitrogens with zero attached hydrogens (tertiary/aromatic N) is 5. The summed E-state index contributed by atoms with van der Waals surface area (Å²) in [6, 6.07) is 12.1. The van der Waals surface area contributed by atoms with E-state index in [1.165, 1.54) is 22.3 Å². The molecule has 4 aromatic heterocycles. The van der Waals surface area contributed by atoms with Crippen LogP contribution in [0.25, 0.3) is 0 Å². The molecule has 0 spiro atoms. The Labute approximate surface area is 338 Å². The summed E-state index contributed by atoms with van der Waals surface area (Å²) in [6.07, 6.45) is 11.0. The molecule has 17 heteroatoms. The van der Waals surface area contributed by atoms with Crippen molar-refractivity contribution in [1.29, 1.82) is 0 Å². The van der Waals surface area contributed by atoms with Crippen LogP contribution in [0.15, 0.2) is 36.4 Å². The molecular weight excluding hydrogens is 808 g/mol. The van der Waals surface area contributed by atoms with Crippen molar-refractivity contribution < 1.29 is 21.6 Å². The van der Waals surface area contributed by atoms with Crippen molar-refractivity contribution in [2.75, 3.05) is 38.7 Å². The number of sulfonamides is 2. The number of rotatable bonds is 10. The zero-order valence-corrected chi connectivity index (χ0v) is 36.5. The highest BCUT2D eigenvalue weighted by Crippen LogP contribution is 2.32. The summed E-state index contributed by atoms with van der Waals surface area (Å²) in [7, 11) is -6.28. The van der Waals surface area contributed by atoms with Crippen LogP contribution in [-0.2, 0) is 45.7 Å². The van der Waals surface area contributed by atoms with Gasteiger partial charge in [0.05, 0.1) is 32.6 Å². The van der Waals surface area contributed by atoms with Crippen molar-refractivity contribution in [1.82, 2.24) is 28.6 Å². The Balaban J connectivity index is 0.000000213. The number of H-pyrrole nitrogens is 1. The van der Waals surface area contributed by atoms with Gasteiger partial charge in [0, 0.05) is 64.6 Å². The first-order valence-corrected chi connectivity index (χ1v) is 24.5. The lowest BCUT2D eigenvalue weighted by atomic mass is 9.95. The Kier molecular flexibility index (Phi) is 14.7. The molecule has 0 saturated carbocycles. The molecule has 2 unspecified atom stereocenters. The van der Waals surface area contributed by atoms with Gasteiger partial charge in [-0.1, -0.05) is 44.0 Å². The number of thiophene rings is 2. The van der Waals surface area contributed by atoms with Gasteiger partial charge in [-0.2, -0.15) is 10.2 Å². The highest BCUT2D eigenvalue weighted by Gasteiger charge is 2.30. The van der Waals surface area contributed by atoms with Gasteiger partial charge < -0.3 is 0 Å². The van der Waals surface area contributed by atoms with Crippen LogP contribution in [-0.4, -0.2) is 90.0 Å². The number of aryl methyl sites for hydroxylation is 4. The van der Waals surface area contributed by atoms with Gasteiger partial charge in [0.2, 0.25) is 20.0 Å². The maximum Gasteiger partial charge on any atom is 0.252 e. The third-order valence-corrected chi connectivity index (χ3v) is 15.1. The fourth-order valence-electron chi connectivity index (χ4n) is 6.90. The lowest BCUT2D eigenvalue weighted by Gasteiger charge is -2.18. The molecule has 0 aromatic carbocycles. The first-order valence-electron chi connectivity index (χ1n) is 18.4. The summed E-state index contributed by atoms with van der Waals surface area (Å²) < 4.78 is 53.5. The quantitative estimate of drug-likeness (QED) is 0.170. The van der Waals surface area contributed by atoms with Crippen LogP contribution < -0.4 is 0 Å². The largest absolute Gasteiger partial charge is 0.282 e. The number of hydrogen-bond acceptors (Lipinski definition) is 9. The van der Waals surface area contributed by atoms with Gasteiger partial charge in [0.1, 0.15) is 0 Å². The summed E-state index contributed by atoms with van der Waals surface area (Å²) in [5.74, 6) is 0.456. The van der Waals surface area contributed by atoms with E-state index in [2.05, 4.69) is 22.3 Å². The summed E-state index contributed by atoms with van der Waals surface area (Å²) in [4.78, 5) is 15.5. The molecule has 1 N–H and O–H groups in total. The minimum Gasteiger partial charge on any atom is -0.282 e. The molecule has 4 aromatic rings. The molecule has 0 amide bonds. The maximum atomic E-state index is 13.0. The standard InChI is InChI=1S/C21H30ClN3O3S2.C16H22ClN3O2S2/c1-21(2,3)20(26)25-16(7-8-17-9-10-19(22)29-17)14-18(23-25)15-6-5-12-24(13-11-15)30(4,27)28;1-24(21,22)20-9-2-3-12(8-10-20)15-11-13(18-19-15)4-5-14-6-7-16(17)23-14/h9-10,14-15H,5-8,11-13H2,1-4H3;6-7,11-12H,2-5,8-10H2,1H3,(H,18,19). The minimum atomic E-state index is -3.18. The second-order valence-electron chi connectivity index (χ2n) is 15.3. The average Bonchev–Trinajstić information content (AvgIpc) is 3.84. The molecule has 0 aliphatic carbocycles. The second kappa shape index (κ2) is 18.4. The molecule has 6 heterocycles. The number of hydrogen-bond donors (Lipinski definition) is 1. The molecule has 2 fully saturated rings. The van der Waals surface area contributed by atoms with Crippen LogP contribution in [0, 0.1) is 5.41 Å². The van der Waals surface area contributed by atoms with E-state index in [0.717, 1.165) is 82.8 Å². The van der Waals surface area contributed by atoms with Gasteiger partial charge in [0.15, 0.2) is 0 Å². The van der Waals surface area contributed by atoms with Crippen LogP contribution in [0.1, 0.15) is 108 Å². The third kappa shape index (κ3) is 12.2. The molecule has 6 rings (SSSR count). The molecule has 298 valence electrons. The van der Waals surface area contributed by atoms with E-state index >= 15 is 0 Å². The van der Waals surface area contributed by atoms with Gasteiger partial charge >= 0.3 is 0 Å². The molecular formula is C37H52Cl2N6O5S4. The van der Waals surface area contributed by atoms with E-state index in [-0.39, 0.29) is 11.8 Å². The van der Waals surface area contributed by atoms with E-state index < -0.39 is 25.5 Å². The lowest BCUT2D eigenvalue weighted by molar-refractivity contribution is 0.0744. The highest BCUT2D eigenvalue weighted by molar-refractivity contribution is 7.88. The first kappa shape index (κ1) is 43.0. The van der Waals surface area contributed by atoms with Crippen LogP contribution in [0.2, 0.25) is 8.67 Å². The summed E-state index contributed by atoms with van der Waals surface area (Å²) in [5.41, 5.74) is 3.44. The topological polar surface area (TPSA) is 138 Å². The SMILES string of the molecule is CC(C)(C)C(=O)n1nc(C2CCCN(S(C)(=O)=O)CC2)cc1CCc1ccc(Cl)s1.CS(=O)(=O)N1CCCC(c2cc(CCc3ccc(Cl)s3)[nH]n2)CC1. The Morgan fingerprint density at radius 2 is 1.28 bits per heavy atom. The number of carbonyl (C=O) groups is 1. The van der Waals surface area contributed by atoms with Crippen molar-refractivity contribution in [3.8, 4) is 0 Å². The predicted molar refractivity (Wildman–Crippen MR) is 220 cm³/mol. The Hall–Kier alpha value is -2.11. The minimum absolute atomic E-state index is 0.0284. The molecule has 0 bridgehead atoms. The summed E-state index contributed by atoms with van der Waals surface area (Å²) in [5, 5.41) is 12.3. The first-order chi connectivity index (χ1) is 25.4. The van der Waals surface area contributed by atoms with Gasteiger partial charge in [-0.3, -0.25) is 9.89 Å². The van der Waals surface area contributed by atoms with Crippen molar-refractivity contribution in [3.63, 3.8) is 0 Å². The number of nitrogens with one attached hydrogen (secondary N) is 1.